The van der Waals surface area contributed by atoms with Gasteiger partial charge in [-0.25, -0.2) is 19.3 Å². The monoisotopic (exact) mass is 544 g/mol. The Morgan fingerprint density at radius 3 is 2.82 bits per heavy atom. The fraction of sp³-hybridized carbons (Fsp3) is 0.538. The van der Waals surface area contributed by atoms with Crippen LogP contribution in [-0.2, 0) is 14.3 Å². The number of halogens is 2. The lowest BCUT2D eigenvalue weighted by atomic mass is 10.0. The summed E-state index contributed by atoms with van der Waals surface area (Å²) in [5.74, 6) is 0.343. The van der Waals surface area contributed by atoms with Crippen molar-refractivity contribution in [2.75, 3.05) is 26.0 Å². The molecule has 6 rings (SSSR count). The van der Waals surface area contributed by atoms with Crippen molar-refractivity contribution in [3.63, 3.8) is 0 Å². The highest BCUT2D eigenvalue weighted by Gasteiger charge is 2.48. The molecule has 3 aromatic rings. The molecular weight excluding hydrogens is 515 g/mol. The number of aromatic nitrogens is 4. The standard InChI is InChI=1S/C26H30ClFN6O4/c1-11(2)34-19-6-12(5-17(28)21(19)31-23(34)14-8-15(14)24(36)33(3)4)20-16(27)9-29-26(32-20)30-18-7-13-10-37-25(38-13)22(18)35/h5-6,9,11,13-15,18,22,25,35H,7-8,10H2,1-4H3,(H,29,30,32)/t13-,14-,15+,18+,22-,25+/m0/s1. The highest BCUT2D eigenvalue weighted by Crippen LogP contribution is 2.49. The summed E-state index contributed by atoms with van der Waals surface area (Å²) in [6, 6.07) is 2.83. The number of aliphatic hydroxyl groups excluding tert-OH is 1. The van der Waals surface area contributed by atoms with Gasteiger partial charge >= 0.3 is 0 Å². The van der Waals surface area contributed by atoms with Crippen LogP contribution < -0.4 is 5.32 Å². The Balaban J connectivity index is 1.35. The minimum absolute atomic E-state index is 0.00828. The fourth-order valence-electron chi connectivity index (χ4n) is 5.53. The van der Waals surface area contributed by atoms with Crippen LogP contribution >= 0.6 is 11.6 Å². The van der Waals surface area contributed by atoms with E-state index in [0.717, 1.165) is 0 Å². The van der Waals surface area contributed by atoms with Gasteiger partial charge in [0.05, 0.1) is 41.2 Å². The molecule has 2 aliphatic heterocycles. The number of aliphatic hydroxyl groups is 1. The van der Waals surface area contributed by atoms with Crippen LogP contribution in [0.1, 0.15) is 44.5 Å². The predicted molar refractivity (Wildman–Crippen MR) is 138 cm³/mol. The normalized spacial score (nSPS) is 28.2. The van der Waals surface area contributed by atoms with Crippen LogP contribution in [0.3, 0.4) is 0 Å². The van der Waals surface area contributed by atoms with Gasteiger partial charge in [0, 0.05) is 37.5 Å². The number of rotatable bonds is 6. The fourth-order valence-corrected chi connectivity index (χ4v) is 5.73. The zero-order chi connectivity index (χ0) is 26.9. The third kappa shape index (κ3) is 4.31. The molecule has 1 amide bonds. The van der Waals surface area contributed by atoms with Gasteiger partial charge in [-0.05, 0) is 38.8 Å². The zero-order valence-electron chi connectivity index (χ0n) is 21.6. The molecular formula is C26H30ClFN6O4. The molecule has 0 unspecified atom stereocenters. The van der Waals surface area contributed by atoms with Gasteiger partial charge in [-0.3, -0.25) is 4.79 Å². The summed E-state index contributed by atoms with van der Waals surface area (Å²) >= 11 is 6.48. The molecule has 4 heterocycles. The van der Waals surface area contributed by atoms with Crippen molar-refractivity contribution in [1.82, 2.24) is 24.4 Å². The smallest absolute Gasteiger partial charge is 0.225 e. The summed E-state index contributed by atoms with van der Waals surface area (Å²) in [6.45, 7) is 4.45. The van der Waals surface area contributed by atoms with Gasteiger partial charge in [0.1, 0.15) is 17.4 Å². The average Bonchev–Trinajstić information content (AvgIpc) is 3.40. The first-order chi connectivity index (χ1) is 18.1. The summed E-state index contributed by atoms with van der Waals surface area (Å²) in [5.41, 5.74) is 1.71. The predicted octanol–water partition coefficient (Wildman–Crippen LogP) is 3.35. The molecule has 2 saturated heterocycles. The Morgan fingerprint density at radius 2 is 2.08 bits per heavy atom. The summed E-state index contributed by atoms with van der Waals surface area (Å²) in [4.78, 5) is 27.6. The van der Waals surface area contributed by atoms with E-state index >= 15 is 4.39 Å². The molecule has 12 heteroatoms. The van der Waals surface area contributed by atoms with Crippen molar-refractivity contribution in [3.05, 3.63) is 35.0 Å². The number of hydrogen-bond donors (Lipinski definition) is 2. The molecule has 1 aliphatic carbocycles. The van der Waals surface area contributed by atoms with Crippen molar-refractivity contribution in [3.8, 4) is 11.3 Å². The molecule has 202 valence electrons. The van der Waals surface area contributed by atoms with E-state index in [2.05, 4.69) is 20.3 Å². The topological polar surface area (TPSA) is 115 Å². The molecule has 6 atom stereocenters. The summed E-state index contributed by atoms with van der Waals surface area (Å²) in [7, 11) is 3.48. The Bertz CT molecular complexity index is 1410. The van der Waals surface area contributed by atoms with E-state index in [9.17, 15) is 9.90 Å². The molecule has 3 fully saturated rings. The van der Waals surface area contributed by atoms with Gasteiger partial charge in [-0.15, -0.1) is 0 Å². The number of carbonyl (C=O) groups excluding carboxylic acids is 1. The molecule has 3 aliphatic rings. The first-order valence-corrected chi connectivity index (χ1v) is 13.2. The van der Waals surface area contributed by atoms with Crippen molar-refractivity contribution in [1.29, 1.82) is 0 Å². The second kappa shape index (κ2) is 9.41. The lowest BCUT2D eigenvalue weighted by molar-refractivity contribution is -0.156. The van der Waals surface area contributed by atoms with Crippen molar-refractivity contribution in [2.45, 2.75) is 63.2 Å². The molecule has 0 radical (unpaired) electrons. The van der Waals surface area contributed by atoms with Gasteiger partial charge in [-0.2, -0.15) is 0 Å². The highest BCUT2D eigenvalue weighted by atomic mass is 35.5. The Kier molecular flexibility index (Phi) is 6.29. The van der Waals surface area contributed by atoms with Crippen LogP contribution in [0.15, 0.2) is 18.3 Å². The molecule has 1 saturated carbocycles. The van der Waals surface area contributed by atoms with E-state index in [1.807, 2.05) is 24.5 Å². The lowest BCUT2D eigenvalue weighted by Crippen LogP contribution is -2.48. The third-order valence-corrected chi connectivity index (χ3v) is 7.76. The van der Waals surface area contributed by atoms with Gasteiger partial charge in [0.15, 0.2) is 12.1 Å². The highest BCUT2D eigenvalue weighted by molar-refractivity contribution is 6.33. The van der Waals surface area contributed by atoms with E-state index in [1.165, 1.54) is 12.3 Å². The summed E-state index contributed by atoms with van der Waals surface area (Å²) < 4.78 is 28.5. The van der Waals surface area contributed by atoms with Crippen molar-refractivity contribution in [2.24, 2.45) is 5.92 Å². The van der Waals surface area contributed by atoms with E-state index in [4.69, 9.17) is 21.1 Å². The molecule has 38 heavy (non-hydrogen) atoms. The molecule has 10 nitrogen and oxygen atoms in total. The summed E-state index contributed by atoms with van der Waals surface area (Å²) in [5, 5.41) is 14.0. The van der Waals surface area contributed by atoms with Gasteiger partial charge < -0.3 is 29.4 Å². The largest absolute Gasteiger partial charge is 0.386 e. The number of imidazole rings is 1. The second-order valence-corrected chi connectivity index (χ2v) is 11.2. The first kappa shape index (κ1) is 25.4. The van der Waals surface area contributed by atoms with Crippen LogP contribution in [0.2, 0.25) is 5.02 Å². The zero-order valence-corrected chi connectivity index (χ0v) is 22.3. The minimum Gasteiger partial charge on any atom is -0.386 e. The van der Waals surface area contributed by atoms with Gasteiger partial charge in [-0.1, -0.05) is 11.6 Å². The molecule has 0 spiro atoms. The number of anilines is 1. The first-order valence-electron chi connectivity index (χ1n) is 12.8. The van der Waals surface area contributed by atoms with Crippen LogP contribution in [0.4, 0.5) is 10.3 Å². The lowest BCUT2D eigenvalue weighted by Gasteiger charge is -2.32. The number of ether oxygens (including phenoxy) is 2. The molecule has 2 bridgehead atoms. The van der Waals surface area contributed by atoms with Gasteiger partial charge in [0.25, 0.3) is 0 Å². The van der Waals surface area contributed by atoms with Crippen LogP contribution in [0.5, 0.6) is 0 Å². The van der Waals surface area contributed by atoms with Crippen molar-refractivity contribution >= 4 is 34.5 Å². The number of nitrogens with zero attached hydrogens (tertiary/aromatic N) is 5. The molecule has 2 N–H and O–H groups in total. The van der Waals surface area contributed by atoms with E-state index in [-0.39, 0.29) is 52.4 Å². The third-order valence-electron chi connectivity index (χ3n) is 7.49. The van der Waals surface area contributed by atoms with Crippen LogP contribution in [0.25, 0.3) is 22.3 Å². The SMILES string of the molecule is CC(C)n1c([C@H]2C[C@H]2C(=O)N(C)C)nc2c(F)cc(-c3nc(N[C@@H]4C[C@H]5CO[C@H](O5)[C@H]4O)ncc3Cl)cc21. The average molecular weight is 545 g/mol. The Hall–Kier alpha value is -2.86. The van der Waals surface area contributed by atoms with E-state index in [0.29, 0.717) is 42.0 Å². The number of nitrogens with one attached hydrogen (secondary N) is 1. The van der Waals surface area contributed by atoms with Crippen LogP contribution in [-0.4, -0.2) is 80.7 Å². The maximum atomic E-state index is 15.5. The van der Waals surface area contributed by atoms with E-state index < -0.39 is 18.2 Å². The molecule has 1 aromatic carbocycles. The van der Waals surface area contributed by atoms with Gasteiger partial charge in [0.2, 0.25) is 11.9 Å². The quantitative estimate of drug-likeness (QED) is 0.485. The second-order valence-electron chi connectivity index (χ2n) is 10.8. The Morgan fingerprint density at radius 1 is 1.29 bits per heavy atom. The number of carbonyl (C=O) groups is 1. The summed E-state index contributed by atoms with van der Waals surface area (Å²) in [6.07, 6.45) is 1.02. The van der Waals surface area contributed by atoms with Crippen molar-refractivity contribution < 1.29 is 23.8 Å². The number of amides is 1. The maximum Gasteiger partial charge on any atom is 0.225 e. The number of fused-ring (bicyclic) bond motifs is 3. The number of benzene rings is 1. The molecule has 2 aromatic heterocycles. The van der Waals surface area contributed by atoms with Crippen LogP contribution in [0, 0.1) is 11.7 Å². The maximum absolute atomic E-state index is 15.5. The minimum atomic E-state index is -0.880. The number of hydrogen-bond acceptors (Lipinski definition) is 8. The Labute approximate surface area is 224 Å². The van der Waals surface area contributed by atoms with E-state index in [1.54, 1.807) is 19.0 Å².